The van der Waals surface area contributed by atoms with Crippen molar-refractivity contribution >= 4 is 17.7 Å². The Bertz CT molecular complexity index is 428. The Labute approximate surface area is 105 Å². The molecule has 0 aromatic heterocycles. The highest BCUT2D eigenvalue weighted by molar-refractivity contribution is 5.90. The topological polar surface area (TPSA) is 32.3 Å². The highest BCUT2D eigenvalue weighted by Gasteiger charge is 2.01. The van der Waals surface area contributed by atoms with Gasteiger partial charge in [0, 0.05) is 27.6 Å². The summed E-state index contributed by atoms with van der Waals surface area (Å²) in [5.41, 5.74) is 3.16. The number of carbonyl (C=O) groups is 1. The third-order valence-corrected chi connectivity index (χ3v) is 2.44. The summed E-state index contributed by atoms with van der Waals surface area (Å²) in [6.45, 7) is 3.90. The zero-order valence-electron chi connectivity index (χ0n) is 10.9. The van der Waals surface area contributed by atoms with E-state index in [1.807, 2.05) is 56.4 Å². The number of carbonyl (C=O) groups excluding carboxylic acids is 1. The van der Waals surface area contributed by atoms with Crippen molar-refractivity contribution in [1.82, 2.24) is 4.90 Å². The Morgan fingerprint density at radius 2 is 2.18 bits per heavy atom. The molecule has 1 amide bonds. The van der Waals surface area contributed by atoms with Crippen LogP contribution in [-0.2, 0) is 4.79 Å². The van der Waals surface area contributed by atoms with Crippen molar-refractivity contribution in [3.05, 3.63) is 35.5 Å². The minimum Gasteiger partial charge on any atom is -0.383 e. The molecule has 0 aliphatic heterocycles. The molecule has 0 atom stereocenters. The van der Waals surface area contributed by atoms with Crippen LogP contribution in [0.2, 0.25) is 0 Å². The van der Waals surface area contributed by atoms with E-state index in [-0.39, 0.29) is 7.33 Å². The van der Waals surface area contributed by atoms with Crippen LogP contribution in [-0.4, -0.2) is 24.9 Å². The first kappa shape index (κ1) is 13.3. The fourth-order valence-electron chi connectivity index (χ4n) is 1.38. The molecule has 0 saturated heterocycles. The predicted molar refractivity (Wildman–Crippen MR) is 74.9 cm³/mol. The van der Waals surface area contributed by atoms with E-state index in [1.165, 1.54) is 5.56 Å². The smallest absolute Gasteiger partial charge is 0.224 e. The maximum atomic E-state index is 11.3. The summed E-state index contributed by atoms with van der Waals surface area (Å²) in [5, 5.41) is 2.86. The monoisotopic (exact) mass is 234 g/mol. The van der Waals surface area contributed by atoms with Gasteiger partial charge in [0.15, 0.2) is 0 Å². The summed E-state index contributed by atoms with van der Waals surface area (Å²) in [7, 11) is 3.96. The van der Waals surface area contributed by atoms with Gasteiger partial charge in [0.05, 0.1) is 0 Å². The number of amides is 1. The van der Waals surface area contributed by atoms with Gasteiger partial charge in [0.25, 0.3) is 0 Å². The molecule has 0 radical (unpaired) electrons. The highest BCUT2D eigenvalue weighted by atomic mass is 16.1. The van der Waals surface area contributed by atoms with Crippen molar-refractivity contribution in [3.8, 4) is 0 Å². The summed E-state index contributed by atoms with van der Waals surface area (Å²) >= 11 is 0. The number of hydrogen-bond acceptors (Lipinski definition) is 2. The zero-order chi connectivity index (χ0) is 12.8. The van der Waals surface area contributed by atoms with E-state index < -0.39 is 0 Å². The average molecular weight is 234 g/mol. The van der Waals surface area contributed by atoms with Crippen molar-refractivity contribution < 1.29 is 6.22 Å². The van der Waals surface area contributed by atoms with Crippen LogP contribution in [0.3, 0.4) is 0 Å². The normalized spacial score (nSPS) is 10.6. The number of anilines is 1. The van der Waals surface area contributed by atoms with Crippen LogP contribution < -0.4 is 5.32 Å². The zero-order valence-corrected chi connectivity index (χ0v) is 10.9. The van der Waals surface area contributed by atoms with Crippen molar-refractivity contribution in [2.24, 2.45) is 0 Å². The van der Waals surface area contributed by atoms with Crippen LogP contribution in [0, 0.1) is 6.92 Å². The second-order valence-electron chi connectivity index (χ2n) is 4.25. The quantitative estimate of drug-likeness (QED) is 0.868. The van der Waals surface area contributed by atoms with Crippen LogP contribution in [0.15, 0.2) is 24.4 Å². The van der Waals surface area contributed by atoms with Gasteiger partial charge in [-0.2, -0.15) is 0 Å². The van der Waals surface area contributed by atoms with Crippen molar-refractivity contribution in [2.45, 2.75) is 20.3 Å². The molecule has 94 valence electrons. The fourth-order valence-corrected chi connectivity index (χ4v) is 1.38. The van der Waals surface area contributed by atoms with E-state index in [2.05, 4.69) is 12.2 Å². The first-order valence-electron chi connectivity index (χ1n) is 5.78. The van der Waals surface area contributed by atoms with Crippen LogP contribution in [0.4, 0.5) is 5.69 Å². The number of nitrogens with zero attached hydrogens (tertiary/aromatic N) is 1. The first-order valence-corrected chi connectivity index (χ1v) is 5.78. The molecular weight excluding hydrogens is 212 g/mol. The van der Waals surface area contributed by atoms with E-state index in [0.29, 0.717) is 6.42 Å². The Morgan fingerprint density at radius 3 is 2.76 bits per heavy atom. The lowest BCUT2D eigenvalue weighted by Crippen LogP contribution is -2.09. The molecule has 1 aromatic carbocycles. The Morgan fingerprint density at radius 1 is 1.47 bits per heavy atom. The summed E-state index contributed by atoms with van der Waals surface area (Å²) < 4.78 is 0. The second kappa shape index (κ2) is 6.09. The van der Waals surface area contributed by atoms with Gasteiger partial charge in [-0.1, -0.05) is 13.0 Å². The van der Waals surface area contributed by atoms with E-state index in [4.69, 9.17) is 0 Å². The number of nitrogens with one attached hydrogen (secondary N) is 1. The first-order chi connectivity index (χ1) is 8.02. The predicted octanol–water partition coefficient (Wildman–Crippen LogP) is 3.12. The lowest BCUT2D eigenvalue weighted by atomic mass is 10.1. The van der Waals surface area contributed by atoms with Gasteiger partial charge in [-0.25, -0.2) is 0 Å². The molecule has 0 heterocycles. The van der Waals surface area contributed by atoms with Gasteiger partial charge in [0.2, 0.25) is 5.91 Å². The number of aryl methyl sites for hydroxylation is 1. The Kier molecular flexibility index (Phi) is 4.76. The molecule has 1 rings (SSSR count). The molecule has 0 fully saturated rings. The minimum atomic E-state index is 0. The van der Waals surface area contributed by atoms with E-state index >= 15 is 0 Å². The van der Waals surface area contributed by atoms with Crippen molar-refractivity contribution in [2.75, 3.05) is 19.4 Å². The molecule has 0 aliphatic carbocycles. The molecule has 0 saturated carbocycles. The van der Waals surface area contributed by atoms with E-state index in [9.17, 15) is 4.79 Å². The van der Waals surface area contributed by atoms with Gasteiger partial charge in [-0.15, -0.1) is 0 Å². The molecule has 0 spiro atoms. The molecule has 3 heteroatoms. The van der Waals surface area contributed by atoms with Gasteiger partial charge in [-0.3, -0.25) is 4.79 Å². The van der Waals surface area contributed by atoms with Gasteiger partial charge in [-0.05, 0) is 42.5 Å². The maximum Gasteiger partial charge on any atom is 0.224 e. The standard InChI is InChI=1S/C14H20N2O.H2/c1-5-14(17)15-13-7-6-11(2)12(10-13)8-9-16(3)4;/h6-10H,5H2,1-4H3,(H,15,17);1H/b9-8-;. The molecule has 0 aliphatic rings. The van der Waals surface area contributed by atoms with Crippen LogP contribution in [0.1, 0.15) is 25.9 Å². The van der Waals surface area contributed by atoms with E-state index in [0.717, 1.165) is 11.3 Å². The molecule has 3 nitrogen and oxygen atoms in total. The Balaban J connectivity index is 0.00000289. The highest BCUT2D eigenvalue weighted by Crippen LogP contribution is 2.17. The average Bonchev–Trinajstić information content (AvgIpc) is 2.29. The SMILES string of the molecule is CCC(=O)Nc1ccc(C)c(/C=C\N(C)C)c1.[HH]. The largest absolute Gasteiger partial charge is 0.383 e. The molecule has 1 N–H and O–H groups in total. The molecule has 1 aromatic rings. The minimum absolute atomic E-state index is 0. The van der Waals surface area contributed by atoms with Gasteiger partial charge >= 0.3 is 0 Å². The second-order valence-corrected chi connectivity index (χ2v) is 4.25. The number of benzene rings is 1. The van der Waals surface area contributed by atoms with Crippen molar-refractivity contribution in [3.63, 3.8) is 0 Å². The summed E-state index contributed by atoms with van der Waals surface area (Å²) in [4.78, 5) is 13.3. The maximum absolute atomic E-state index is 11.3. The fraction of sp³-hybridized carbons (Fsp3) is 0.357. The summed E-state index contributed by atoms with van der Waals surface area (Å²) in [6.07, 6.45) is 4.53. The molecular formula is C14H22N2O. The molecule has 0 bridgehead atoms. The molecule has 0 unspecified atom stereocenters. The Hall–Kier alpha value is -1.77. The summed E-state index contributed by atoms with van der Waals surface area (Å²) in [5.74, 6) is 0.0383. The third-order valence-electron chi connectivity index (χ3n) is 2.44. The lowest BCUT2D eigenvalue weighted by molar-refractivity contribution is -0.115. The van der Waals surface area contributed by atoms with Gasteiger partial charge in [0.1, 0.15) is 0 Å². The van der Waals surface area contributed by atoms with Gasteiger partial charge < -0.3 is 10.2 Å². The van der Waals surface area contributed by atoms with Crippen LogP contribution >= 0.6 is 0 Å². The third kappa shape index (κ3) is 4.31. The van der Waals surface area contributed by atoms with Crippen LogP contribution in [0.25, 0.3) is 6.08 Å². The molecule has 17 heavy (non-hydrogen) atoms. The van der Waals surface area contributed by atoms with Crippen molar-refractivity contribution in [1.29, 1.82) is 0 Å². The number of hydrogen-bond donors (Lipinski definition) is 1. The van der Waals surface area contributed by atoms with E-state index in [1.54, 1.807) is 0 Å². The number of rotatable bonds is 4. The van der Waals surface area contributed by atoms with Crippen LogP contribution in [0.5, 0.6) is 0 Å². The lowest BCUT2D eigenvalue weighted by Gasteiger charge is -2.08. The summed E-state index contributed by atoms with van der Waals surface area (Å²) in [6, 6.07) is 5.93.